The predicted molar refractivity (Wildman–Crippen MR) is 88.6 cm³/mol. The molecule has 0 aliphatic rings. The van der Waals surface area contributed by atoms with Gasteiger partial charge in [-0.25, -0.2) is 0 Å². The molecular formula is C17H15ClF3NO4. The van der Waals surface area contributed by atoms with Crippen molar-refractivity contribution < 1.29 is 32.5 Å². The summed E-state index contributed by atoms with van der Waals surface area (Å²) in [6, 6.07) is 7.74. The first-order valence-electron chi connectivity index (χ1n) is 7.47. The fourth-order valence-electron chi connectivity index (χ4n) is 2.06. The molecule has 0 atom stereocenters. The summed E-state index contributed by atoms with van der Waals surface area (Å²) in [7, 11) is 0. The fraction of sp³-hybridized carbons (Fsp3) is 0.235. The van der Waals surface area contributed by atoms with Gasteiger partial charge in [-0.1, -0.05) is 23.7 Å². The number of hydrogen-bond acceptors (Lipinski definition) is 4. The number of alkyl halides is 3. The minimum Gasteiger partial charge on any atom is -0.503 e. The van der Waals surface area contributed by atoms with Crippen molar-refractivity contribution >= 4 is 17.5 Å². The van der Waals surface area contributed by atoms with Crippen molar-refractivity contribution in [2.75, 3.05) is 6.61 Å². The highest BCUT2D eigenvalue weighted by Gasteiger charge is 2.30. The van der Waals surface area contributed by atoms with E-state index >= 15 is 0 Å². The van der Waals surface area contributed by atoms with Gasteiger partial charge in [0.05, 0.1) is 11.6 Å². The molecule has 1 amide bonds. The third-order valence-corrected chi connectivity index (χ3v) is 3.49. The number of rotatable bonds is 6. The number of phenolic OH excluding ortho intramolecular Hbond substituents is 1. The third kappa shape index (κ3) is 5.45. The lowest BCUT2D eigenvalue weighted by Crippen LogP contribution is -2.23. The number of hydrogen-bond donors (Lipinski definition) is 2. The van der Waals surface area contributed by atoms with Crippen molar-refractivity contribution in [3.8, 4) is 17.2 Å². The molecule has 140 valence electrons. The van der Waals surface area contributed by atoms with Gasteiger partial charge in [0.2, 0.25) is 0 Å². The number of amides is 1. The van der Waals surface area contributed by atoms with Crippen LogP contribution in [-0.2, 0) is 6.54 Å². The van der Waals surface area contributed by atoms with Crippen molar-refractivity contribution in [1.29, 1.82) is 0 Å². The van der Waals surface area contributed by atoms with E-state index in [0.717, 1.165) is 12.1 Å². The molecule has 2 aromatic carbocycles. The van der Waals surface area contributed by atoms with Crippen LogP contribution in [0.15, 0.2) is 36.4 Å². The summed E-state index contributed by atoms with van der Waals surface area (Å²) in [5, 5.41) is 12.3. The molecule has 0 fully saturated rings. The van der Waals surface area contributed by atoms with Gasteiger partial charge in [0, 0.05) is 12.1 Å². The molecule has 26 heavy (non-hydrogen) atoms. The number of nitrogens with one attached hydrogen (secondary N) is 1. The molecule has 0 aromatic heterocycles. The highest BCUT2D eigenvalue weighted by molar-refractivity contribution is 6.32. The summed E-state index contributed by atoms with van der Waals surface area (Å²) in [6.07, 6.45) is -4.76. The first kappa shape index (κ1) is 19.7. The van der Waals surface area contributed by atoms with Crippen LogP contribution in [0.1, 0.15) is 22.8 Å². The molecule has 0 aliphatic heterocycles. The van der Waals surface area contributed by atoms with E-state index in [-0.39, 0.29) is 41.0 Å². The van der Waals surface area contributed by atoms with E-state index in [1.807, 2.05) is 0 Å². The number of ether oxygens (including phenoxy) is 2. The smallest absolute Gasteiger partial charge is 0.503 e. The van der Waals surface area contributed by atoms with Gasteiger partial charge in [-0.05, 0) is 36.8 Å². The van der Waals surface area contributed by atoms with E-state index in [2.05, 4.69) is 10.1 Å². The van der Waals surface area contributed by atoms with Crippen LogP contribution in [0.4, 0.5) is 13.2 Å². The fourth-order valence-corrected chi connectivity index (χ4v) is 2.27. The lowest BCUT2D eigenvalue weighted by Gasteiger charge is -2.11. The predicted octanol–water partition coefficient (Wildman–Crippen LogP) is 4.27. The Hall–Kier alpha value is -2.61. The maximum atomic E-state index is 12.2. The monoisotopic (exact) mass is 389 g/mol. The molecule has 0 saturated carbocycles. The second-order valence-corrected chi connectivity index (χ2v) is 5.52. The number of phenols is 1. The zero-order valence-electron chi connectivity index (χ0n) is 13.6. The van der Waals surface area contributed by atoms with Crippen molar-refractivity contribution in [1.82, 2.24) is 5.32 Å². The molecule has 2 aromatic rings. The van der Waals surface area contributed by atoms with Crippen LogP contribution in [0.25, 0.3) is 0 Å². The van der Waals surface area contributed by atoms with Crippen molar-refractivity contribution in [2.45, 2.75) is 19.8 Å². The Labute approximate surface area is 152 Å². The highest BCUT2D eigenvalue weighted by Crippen LogP contribution is 2.35. The van der Waals surface area contributed by atoms with Gasteiger partial charge in [0.25, 0.3) is 5.91 Å². The number of aromatic hydroxyl groups is 1. The Balaban J connectivity index is 2.02. The van der Waals surface area contributed by atoms with Crippen LogP contribution in [-0.4, -0.2) is 24.0 Å². The Morgan fingerprint density at radius 1 is 1.23 bits per heavy atom. The standard InChI is InChI=1S/C17H15ClF3NO4/c1-2-25-14-8-11(7-13(18)15(14)23)16(24)22-9-10-3-5-12(6-4-10)26-17(19,20)21/h3-8,23H,2,9H2,1H3,(H,22,24). The Bertz CT molecular complexity index is 779. The summed E-state index contributed by atoms with van der Waals surface area (Å²) < 4.78 is 45.3. The molecule has 0 aliphatic carbocycles. The van der Waals surface area contributed by atoms with Crippen LogP contribution in [0.3, 0.4) is 0 Å². The Morgan fingerprint density at radius 2 is 1.88 bits per heavy atom. The maximum absolute atomic E-state index is 12.2. The Kier molecular flexibility index (Phi) is 6.20. The maximum Gasteiger partial charge on any atom is 0.573 e. The molecule has 0 bridgehead atoms. The lowest BCUT2D eigenvalue weighted by atomic mass is 10.1. The van der Waals surface area contributed by atoms with Crippen molar-refractivity contribution in [2.24, 2.45) is 0 Å². The number of benzene rings is 2. The van der Waals surface area contributed by atoms with E-state index in [1.165, 1.54) is 24.3 Å². The van der Waals surface area contributed by atoms with Gasteiger partial charge in [0.15, 0.2) is 11.5 Å². The number of halogens is 4. The van der Waals surface area contributed by atoms with Gasteiger partial charge >= 0.3 is 6.36 Å². The van der Waals surface area contributed by atoms with Gasteiger partial charge < -0.3 is 19.9 Å². The summed E-state index contributed by atoms with van der Waals surface area (Å²) in [5.41, 5.74) is 0.746. The van der Waals surface area contributed by atoms with Crippen LogP contribution in [0.5, 0.6) is 17.2 Å². The SMILES string of the molecule is CCOc1cc(C(=O)NCc2ccc(OC(F)(F)F)cc2)cc(Cl)c1O. The first-order chi connectivity index (χ1) is 12.2. The Morgan fingerprint density at radius 3 is 2.46 bits per heavy atom. The molecule has 0 heterocycles. The van der Waals surface area contributed by atoms with Crippen molar-refractivity contribution in [3.63, 3.8) is 0 Å². The zero-order chi connectivity index (χ0) is 19.3. The van der Waals surface area contributed by atoms with Crippen LogP contribution < -0.4 is 14.8 Å². The molecule has 0 unspecified atom stereocenters. The summed E-state index contributed by atoms with van der Waals surface area (Å²) in [6.45, 7) is 2.07. The third-order valence-electron chi connectivity index (χ3n) is 3.20. The zero-order valence-corrected chi connectivity index (χ0v) is 14.3. The molecular weight excluding hydrogens is 375 g/mol. The topological polar surface area (TPSA) is 67.8 Å². The minimum atomic E-state index is -4.76. The van der Waals surface area contributed by atoms with Gasteiger partial charge in [-0.15, -0.1) is 13.2 Å². The lowest BCUT2D eigenvalue weighted by molar-refractivity contribution is -0.274. The van der Waals surface area contributed by atoms with Crippen LogP contribution >= 0.6 is 11.6 Å². The van der Waals surface area contributed by atoms with E-state index in [9.17, 15) is 23.1 Å². The normalized spacial score (nSPS) is 11.1. The quantitative estimate of drug-likeness (QED) is 0.774. The first-order valence-corrected chi connectivity index (χ1v) is 7.85. The average molecular weight is 390 g/mol. The summed E-state index contributed by atoms with van der Waals surface area (Å²) >= 11 is 5.87. The van der Waals surface area contributed by atoms with Crippen LogP contribution in [0, 0.1) is 0 Å². The van der Waals surface area contributed by atoms with Gasteiger partial charge in [-0.2, -0.15) is 0 Å². The van der Waals surface area contributed by atoms with E-state index in [1.54, 1.807) is 6.92 Å². The van der Waals surface area contributed by atoms with Crippen molar-refractivity contribution in [3.05, 3.63) is 52.5 Å². The van der Waals surface area contributed by atoms with Gasteiger partial charge in [0.1, 0.15) is 5.75 Å². The number of carbonyl (C=O) groups excluding carboxylic acids is 1. The largest absolute Gasteiger partial charge is 0.573 e. The summed E-state index contributed by atoms with van der Waals surface area (Å²) in [4.78, 5) is 12.2. The molecule has 5 nitrogen and oxygen atoms in total. The minimum absolute atomic E-state index is 0.0326. The van der Waals surface area contributed by atoms with E-state index in [0.29, 0.717) is 5.56 Å². The van der Waals surface area contributed by atoms with E-state index < -0.39 is 12.3 Å². The van der Waals surface area contributed by atoms with E-state index in [4.69, 9.17) is 16.3 Å². The second-order valence-electron chi connectivity index (χ2n) is 5.11. The molecule has 0 spiro atoms. The summed E-state index contributed by atoms with van der Waals surface area (Å²) in [5.74, 6) is -1.01. The second kappa shape index (κ2) is 8.18. The average Bonchev–Trinajstić information content (AvgIpc) is 2.56. The van der Waals surface area contributed by atoms with Gasteiger partial charge in [-0.3, -0.25) is 4.79 Å². The molecule has 0 saturated heterocycles. The number of carbonyl (C=O) groups is 1. The van der Waals surface area contributed by atoms with Crippen LogP contribution in [0.2, 0.25) is 5.02 Å². The molecule has 2 rings (SSSR count). The molecule has 2 N–H and O–H groups in total. The highest BCUT2D eigenvalue weighted by atomic mass is 35.5. The molecule has 9 heteroatoms. The molecule has 0 radical (unpaired) electrons.